The Hall–Kier alpha value is -0.603. The first-order valence-electron chi connectivity index (χ1n) is 9.94. The molecule has 0 aromatic heterocycles. The van der Waals surface area contributed by atoms with Gasteiger partial charge in [0.2, 0.25) is 0 Å². The largest absolute Gasteiger partial charge is 0.417 e. The van der Waals surface area contributed by atoms with E-state index in [1.807, 2.05) is 0 Å². The van der Waals surface area contributed by atoms with E-state index in [4.69, 9.17) is 4.43 Å². The Labute approximate surface area is 146 Å². The Morgan fingerprint density at radius 1 is 0.739 bits per heavy atom. The van der Waals surface area contributed by atoms with Crippen LogP contribution in [0, 0.1) is 0 Å². The fraction of sp³-hybridized carbons (Fsp3) is 0.714. The summed E-state index contributed by atoms with van der Waals surface area (Å²) < 4.78 is 6.70. The molecule has 0 spiro atoms. The smallest absolute Gasteiger partial charge is 0.192 e. The van der Waals surface area contributed by atoms with Crippen LogP contribution in [0.15, 0.2) is 30.3 Å². The van der Waals surface area contributed by atoms with Gasteiger partial charge < -0.3 is 4.43 Å². The van der Waals surface area contributed by atoms with E-state index in [-0.39, 0.29) is 0 Å². The summed E-state index contributed by atoms with van der Waals surface area (Å²) in [6.45, 7) is 7.91. The highest BCUT2D eigenvalue weighted by Crippen LogP contribution is 2.29. The van der Waals surface area contributed by atoms with Crippen molar-refractivity contribution in [1.29, 1.82) is 0 Å². The van der Waals surface area contributed by atoms with Crippen molar-refractivity contribution in [3.8, 4) is 0 Å². The maximum Gasteiger partial charge on any atom is 0.192 e. The SMILES string of the molecule is CCCC[Si](CCCC)(CCCC)OCCCc1ccccc1. The van der Waals surface area contributed by atoms with Crippen molar-refractivity contribution in [2.45, 2.75) is 90.3 Å². The summed E-state index contributed by atoms with van der Waals surface area (Å²) in [7, 11) is -1.50. The van der Waals surface area contributed by atoms with E-state index in [2.05, 4.69) is 51.1 Å². The second-order valence-corrected chi connectivity index (χ2v) is 11.1. The molecule has 0 aliphatic rings. The Morgan fingerprint density at radius 3 is 1.74 bits per heavy atom. The molecule has 23 heavy (non-hydrogen) atoms. The minimum atomic E-state index is -1.50. The molecule has 0 unspecified atom stereocenters. The van der Waals surface area contributed by atoms with Crippen LogP contribution in [0.25, 0.3) is 0 Å². The molecule has 132 valence electrons. The number of hydrogen-bond acceptors (Lipinski definition) is 1. The third-order valence-corrected chi connectivity index (χ3v) is 9.43. The zero-order valence-corrected chi connectivity index (χ0v) is 16.8. The summed E-state index contributed by atoms with van der Waals surface area (Å²) in [5.41, 5.74) is 1.44. The van der Waals surface area contributed by atoms with Crippen LogP contribution >= 0.6 is 0 Å². The zero-order chi connectivity index (χ0) is 16.8. The van der Waals surface area contributed by atoms with E-state index >= 15 is 0 Å². The van der Waals surface area contributed by atoms with Gasteiger partial charge in [-0.25, -0.2) is 0 Å². The van der Waals surface area contributed by atoms with E-state index in [1.54, 1.807) is 0 Å². The summed E-state index contributed by atoms with van der Waals surface area (Å²) >= 11 is 0. The van der Waals surface area contributed by atoms with E-state index in [0.717, 1.165) is 13.0 Å². The number of benzene rings is 1. The number of rotatable bonds is 14. The normalized spacial score (nSPS) is 11.8. The first-order valence-corrected chi connectivity index (χ1v) is 12.5. The molecule has 0 aliphatic heterocycles. The van der Waals surface area contributed by atoms with Crippen molar-refractivity contribution in [3.63, 3.8) is 0 Å². The van der Waals surface area contributed by atoms with Crippen LogP contribution in [0.5, 0.6) is 0 Å². The van der Waals surface area contributed by atoms with Crippen LogP contribution < -0.4 is 0 Å². The molecule has 0 saturated carbocycles. The van der Waals surface area contributed by atoms with Gasteiger partial charge in [-0.05, 0) is 36.5 Å². The standard InChI is InChI=1S/C21H38OSi/c1-4-7-18-23(19-8-5-2,20-9-6-3)22-17-13-16-21-14-11-10-12-15-21/h10-12,14-15H,4-9,13,16-20H2,1-3H3. The van der Waals surface area contributed by atoms with E-state index in [9.17, 15) is 0 Å². The molecule has 0 fully saturated rings. The van der Waals surface area contributed by atoms with E-state index in [0.29, 0.717) is 0 Å². The van der Waals surface area contributed by atoms with Crippen molar-refractivity contribution in [2.75, 3.05) is 6.61 Å². The van der Waals surface area contributed by atoms with Crippen molar-refractivity contribution in [3.05, 3.63) is 35.9 Å². The van der Waals surface area contributed by atoms with Gasteiger partial charge in [-0.2, -0.15) is 0 Å². The average Bonchev–Trinajstić information content (AvgIpc) is 2.60. The van der Waals surface area contributed by atoms with E-state index < -0.39 is 8.32 Å². The lowest BCUT2D eigenvalue weighted by atomic mass is 10.1. The van der Waals surface area contributed by atoms with Crippen molar-refractivity contribution in [2.24, 2.45) is 0 Å². The quantitative estimate of drug-likeness (QED) is 0.263. The second kappa shape index (κ2) is 12.8. The van der Waals surface area contributed by atoms with Crippen molar-refractivity contribution >= 4 is 8.32 Å². The molecule has 0 saturated heterocycles. The lowest BCUT2D eigenvalue weighted by molar-refractivity contribution is 0.287. The lowest BCUT2D eigenvalue weighted by Crippen LogP contribution is -2.38. The van der Waals surface area contributed by atoms with Gasteiger partial charge in [0.1, 0.15) is 0 Å². The van der Waals surface area contributed by atoms with Gasteiger partial charge in [0.25, 0.3) is 0 Å². The Balaban J connectivity index is 2.50. The average molecular weight is 335 g/mol. The van der Waals surface area contributed by atoms with Gasteiger partial charge in [0.15, 0.2) is 8.32 Å². The maximum atomic E-state index is 6.70. The third kappa shape index (κ3) is 8.71. The van der Waals surface area contributed by atoms with Crippen LogP contribution in [-0.4, -0.2) is 14.9 Å². The molecule has 0 radical (unpaired) electrons. The molecular weight excluding hydrogens is 296 g/mol. The Morgan fingerprint density at radius 2 is 1.26 bits per heavy atom. The van der Waals surface area contributed by atoms with Crippen LogP contribution in [0.1, 0.15) is 71.3 Å². The summed E-state index contributed by atoms with van der Waals surface area (Å²) in [6, 6.07) is 15.0. The molecule has 0 bridgehead atoms. The predicted octanol–water partition coefficient (Wildman–Crippen LogP) is 6.98. The second-order valence-electron chi connectivity index (χ2n) is 6.93. The van der Waals surface area contributed by atoms with Crippen molar-refractivity contribution in [1.82, 2.24) is 0 Å². The topological polar surface area (TPSA) is 9.23 Å². The van der Waals surface area contributed by atoms with Gasteiger partial charge in [-0.1, -0.05) is 89.6 Å². The monoisotopic (exact) mass is 334 g/mol. The fourth-order valence-corrected chi connectivity index (χ4v) is 8.05. The first-order chi connectivity index (χ1) is 11.3. The number of aryl methyl sites for hydroxylation is 1. The van der Waals surface area contributed by atoms with Gasteiger partial charge in [-0.3, -0.25) is 0 Å². The van der Waals surface area contributed by atoms with Crippen LogP contribution in [0.4, 0.5) is 0 Å². The van der Waals surface area contributed by atoms with Crippen LogP contribution in [0.3, 0.4) is 0 Å². The summed E-state index contributed by atoms with van der Waals surface area (Å²) in [5, 5.41) is 0. The summed E-state index contributed by atoms with van der Waals surface area (Å²) in [4.78, 5) is 0. The molecule has 0 heterocycles. The molecule has 1 rings (SSSR count). The molecule has 0 atom stereocenters. The predicted molar refractivity (Wildman–Crippen MR) is 106 cm³/mol. The van der Waals surface area contributed by atoms with Crippen LogP contribution in [0.2, 0.25) is 18.1 Å². The summed E-state index contributed by atoms with van der Waals surface area (Å²) in [6.07, 6.45) is 10.3. The Kier molecular flexibility index (Phi) is 11.4. The highest BCUT2D eigenvalue weighted by atomic mass is 28.4. The molecule has 1 aromatic carbocycles. The molecule has 2 heteroatoms. The van der Waals surface area contributed by atoms with Crippen molar-refractivity contribution < 1.29 is 4.43 Å². The highest BCUT2D eigenvalue weighted by Gasteiger charge is 2.32. The van der Waals surface area contributed by atoms with Gasteiger partial charge >= 0.3 is 0 Å². The van der Waals surface area contributed by atoms with Crippen LogP contribution in [-0.2, 0) is 10.8 Å². The molecule has 0 amide bonds. The van der Waals surface area contributed by atoms with Gasteiger partial charge in [0, 0.05) is 6.61 Å². The minimum Gasteiger partial charge on any atom is -0.417 e. The summed E-state index contributed by atoms with van der Waals surface area (Å²) in [5.74, 6) is 0. The zero-order valence-electron chi connectivity index (χ0n) is 15.8. The molecule has 0 aliphatic carbocycles. The highest BCUT2D eigenvalue weighted by molar-refractivity contribution is 6.73. The molecule has 0 N–H and O–H groups in total. The minimum absolute atomic E-state index is 0.970. The van der Waals surface area contributed by atoms with Gasteiger partial charge in [-0.15, -0.1) is 0 Å². The maximum absolute atomic E-state index is 6.70. The number of hydrogen-bond donors (Lipinski definition) is 0. The third-order valence-electron chi connectivity index (χ3n) is 4.82. The molecular formula is C21H38OSi. The van der Waals surface area contributed by atoms with Gasteiger partial charge in [0.05, 0.1) is 0 Å². The first kappa shape index (κ1) is 20.4. The molecule has 1 aromatic rings. The Bertz CT molecular complexity index is 355. The number of unbranched alkanes of at least 4 members (excludes halogenated alkanes) is 3. The van der Waals surface area contributed by atoms with E-state index in [1.165, 1.54) is 68.6 Å². The fourth-order valence-electron chi connectivity index (χ4n) is 3.30. The molecule has 1 nitrogen and oxygen atoms in total. The lowest BCUT2D eigenvalue weighted by Gasteiger charge is -2.32.